The molecule has 8 heteroatoms. The minimum atomic E-state index is -0.589. The maximum absolute atomic E-state index is 11.3. The predicted octanol–water partition coefficient (Wildman–Crippen LogP) is -0.962. The number of nitrogens with zero attached hydrogens (tertiary/aromatic N) is 3. The summed E-state index contributed by atoms with van der Waals surface area (Å²) in [5.41, 5.74) is 5.37. The SMILES string of the molecule is N#CCCNC(=O)COC(=O)Cn1ccc(N)n1. The van der Waals surface area contributed by atoms with Gasteiger partial charge in [-0.15, -0.1) is 0 Å². The fourth-order valence-corrected chi connectivity index (χ4v) is 1.10. The molecule has 1 heterocycles. The van der Waals surface area contributed by atoms with Gasteiger partial charge in [0.25, 0.3) is 5.91 Å². The molecule has 0 saturated heterocycles. The van der Waals surface area contributed by atoms with E-state index in [2.05, 4.69) is 10.4 Å². The van der Waals surface area contributed by atoms with Gasteiger partial charge in [0.05, 0.1) is 12.5 Å². The number of nitriles is 1. The lowest BCUT2D eigenvalue weighted by Crippen LogP contribution is -2.30. The maximum atomic E-state index is 11.3. The monoisotopic (exact) mass is 251 g/mol. The largest absolute Gasteiger partial charge is 0.454 e. The summed E-state index contributed by atoms with van der Waals surface area (Å²) in [4.78, 5) is 22.4. The summed E-state index contributed by atoms with van der Waals surface area (Å²) < 4.78 is 6.02. The Hall–Kier alpha value is -2.56. The number of aromatic nitrogens is 2. The van der Waals surface area contributed by atoms with Crippen LogP contribution in [0, 0.1) is 11.3 Å². The average Bonchev–Trinajstić information content (AvgIpc) is 2.72. The van der Waals surface area contributed by atoms with Crippen LogP contribution in [0.5, 0.6) is 0 Å². The summed E-state index contributed by atoms with van der Waals surface area (Å²) in [6, 6.07) is 3.42. The molecule has 0 aliphatic heterocycles. The van der Waals surface area contributed by atoms with E-state index in [9.17, 15) is 9.59 Å². The molecule has 1 rings (SSSR count). The van der Waals surface area contributed by atoms with Gasteiger partial charge in [0, 0.05) is 12.7 Å². The van der Waals surface area contributed by atoms with Gasteiger partial charge in [-0.1, -0.05) is 0 Å². The minimum absolute atomic E-state index is 0.108. The number of hydrogen-bond donors (Lipinski definition) is 2. The molecule has 0 aromatic carbocycles. The van der Waals surface area contributed by atoms with Gasteiger partial charge in [0.15, 0.2) is 6.61 Å². The van der Waals surface area contributed by atoms with Gasteiger partial charge in [-0.05, 0) is 6.07 Å². The number of esters is 1. The Morgan fingerprint density at radius 3 is 3.00 bits per heavy atom. The first-order chi connectivity index (χ1) is 8.61. The summed E-state index contributed by atoms with van der Waals surface area (Å²) in [6.45, 7) is -0.244. The van der Waals surface area contributed by atoms with E-state index in [1.807, 2.05) is 6.07 Å². The Labute approximate surface area is 103 Å². The number of amides is 1. The lowest BCUT2D eigenvalue weighted by molar-refractivity contribution is -0.149. The van der Waals surface area contributed by atoms with E-state index in [-0.39, 0.29) is 26.1 Å². The van der Waals surface area contributed by atoms with E-state index < -0.39 is 11.9 Å². The highest BCUT2D eigenvalue weighted by Gasteiger charge is 2.08. The Morgan fingerprint density at radius 1 is 1.61 bits per heavy atom. The fraction of sp³-hybridized carbons (Fsp3) is 0.400. The van der Waals surface area contributed by atoms with Crippen molar-refractivity contribution in [3.63, 3.8) is 0 Å². The third-order valence-corrected chi connectivity index (χ3v) is 1.88. The van der Waals surface area contributed by atoms with Crippen LogP contribution in [0.1, 0.15) is 6.42 Å². The molecule has 0 bridgehead atoms. The quantitative estimate of drug-likeness (QED) is 0.495. The van der Waals surface area contributed by atoms with Gasteiger partial charge >= 0.3 is 5.97 Å². The number of nitrogen functional groups attached to an aromatic ring is 1. The van der Waals surface area contributed by atoms with Crippen LogP contribution in [-0.2, 0) is 20.9 Å². The van der Waals surface area contributed by atoms with Crippen molar-refractivity contribution in [2.45, 2.75) is 13.0 Å². The highest BCUT2D eigenvalue weighted by Crippen LogP contribution is 1.96. The zero-order valence-electron chi connectivity index (χ0n) is 9.63. The van der Waals surface area contributed by atoms with Crippen LogP contribution in [0.25, 0.3) is 0 Å². The Balaban J connectivity index is 2.21. The lowest BCUT2D eigenvalue weighted by atomic mass is 10.4. The highest BCUT2D eigenvalue weighted by molar-refractivity contribution is 5.80. The van der Waals surface area contributed by atoms with Crippen LogP contribution in [0.2, 0.25) is 0 Å². The smallest absolute Gasteiger partial charge is 0.328 e. The van der Waals surface area contributed by atoms with Crippen LogP contribution in [0.3, 0.4) is 0 Å². The Kier molecular flexibility index (Phi) is 5.18. The molecule has 96 valence electrons. The van der Waals surface area contributed by atoms with E-state index in [0.717, 1.165) is 0 Å². The van der Waals surface area contributed by atoms with E-state index in [1.54, 1.807) is 6.07 Å². The number of nitrogens with two attached hydrogens (primary N) is 1. The number of nitrogens with one attached hydrogen (secondary N) is 1. The van der Waals surface area contributed by atoms with Crippen LogP contribution >= 0.6 is 0 Å². The van der Waals surface area contributed by atoms with E-state index in [0.29, 0.717) is 5.82 Å². The molecule has 1 aromatic rings. The first kappa shape index (κ1) is 13.5. The number of anilines is 1. The molecule has 1 amide bonds. The molecule has 0 spiro atoms. The molecule has 0 saturated carbocycles. The normalized spacial score (nSPS) is 9.50. The number of carbonyl (C=O) groups excluding carboxylic acids is 2. The molecule has 0 fully saturated rings. The Bertz CT molecular complexity index is 462. The predicted molar refractivity (Wildman–Crippen MR) is 60.8 cm³/mol. The second kappa shape index (κ2) is 6.90. The highest BCUT2D eigenvalue weighted by atomic mass is 16.5. The molecule has 0 aliphatic carbocycles. The summed E-state index contributed by atoms with van der Waals surface area (Å²) in [5, 5.41) is 14.5. The Morgan fingerprint density at radius 2 is 2.39 bits per heavy atom. The molecule has 0 unspecified atom stereocenters. The molecule has 3 N–H and O–H groups in total. The zero-order chi connectivity index (χ0) is 13.4. The lowest BCUT2D eigenvalue weighted by Gasteiger charge is -2.05. The molecule has 0 radical (unpaired) electrons. The van der Waals surface area contributed by atoms with Gasteiger partial charge in [-0.2, -0.15) is 10.4 Å². The molecule has 18 heavy (non-hydrogen) atoms. The van der Waals surface area contributed by atoms with Crippen molar-refractivity contribution in [2.75, 3.05) is 18.9 Å². The topological polar surface area (TPSA) is 123 Å². The number of ether oxygens (including phenoxy) is 1. The molecular weight excluding hydrogens is 238 g/mol. The second-order valence-corrected chi connectivity index (χ2v) is 3.36. The van der Waals surface area contributed by atoms with Gasteiger partial charge in [-0.3, -0.25) is 14.3 Å². The van der Waals surface area contributed by atoms with E-state index in [4.69, 9.17) is 15.7 Å². The van der Waals surface area contributed by atoms with Crippen molar-refractivity contribution in [2.24, 2.45) is 0 Å². The summed E-state index contributed by atoms with van der Waals surface area (Å²) in [6.07, 6.45) is 1.75. The first-order valence-electron chi connectivity index (χ1n) is 5.20. The third-order valence-electron chi connectivity index (χ3n) is 1.88. The van der Waals surface area contributed by atoms with Crippen molar-refractivity contribution in [3.05, 3.63) is 12.3 Å². The van der Waals surface area contributed by atoms with Gasteiger partial charge < -0.3 is 15.8 Å². The molecular formula is C10H13N5O3. The van der Waals surface area contributed by atoms with Crippen LogP contribution in [0.4, 0.5) is 5.82 Å². The third kappa shape index (κ3) is 4.98. The van der Waals surface area contributed by atoms with Crippen molar-refractivity contribution < 1.29 is 14.3 Å². The van der Waals surface area contributed by atoms with Gasteiger partial charge in [0.1, 0.15) is 12.4 Å². The van der Waals surface area contributed by atoms with Crippen LogP contribution < -0.4 is 11.1 Å². The summed E-state index contributed by atoms with van der Waals surface area (Å²) in [5.74, 6) is -0.732. The number of hydrogen-bond acceptors (Lipinski definition) is 6. The average molecular weight is 251 g/mol. The van der Waals surface area contributed by atoms with Crippen molar-refractivity contribution in [3.8, 4) is 6.07 Å². The van der Waals surface area contributed by atoms with Gasteiger partial charge in [-0.25, -0.2) is 0 Å². The zero-order valence-corrected chi connectivity index (χ0v) is 9.63. The second-order valence-electron chi connectivity index (χ2n) is 3.36. The van der Waals surface area contributed by atoms with Crippen molar-refractivity contribution in [1.82, 2.24) is 15.1 Å². The molecule has 0 atom stereocenters. The molecule has 1 aromatic heterocycles. The number of rotatable bonds is 6. The van der Waals surface area contributed by atoms with Crippen molar-refractivity contribution >= 4 is 17.7 Å². The van der Waals surface area contributed by atoms with E-state index in [1.165, 1.54) is 10.9 Å². The summed E-state index contributed by atoms with van der Waals surface area (Å²) in [7, 11) is 0. The summed E-state index contributed by atoms with van der Waals surface area (Å²) >= 11 is 0. The maximum Gasteiger partial charge on any atom is 0.328 e. The van der Waals surface area contributed by atoms with E-state index >= 15 is 0 Å². The minimum Gasteiger partial charge on any atom is -0.454 e. The standard InChI is InChI=1S/C10H13N5O3/c11-3-1-4-13-9(16)7-18-10(17)6-15-5-2-8(12)14-15/h2,5H,1,4,6-7H2,(H2,12,14)(H,13,16). The first-order valence-corrected chi connectivity index (χ1v) is 5.20. The fourth-order valence-electron chi connectivity index (χ4n) is 1.10. The van der Waals surface area contributed by atoms with Crippen molar-refractivity contribution in [1.29, 1.82) is 5.26 Å². The van der Waals surface area contributed by atoms with Gasteiger partial charge in [0.2, 0.25) is 0 Å². The molecule has 0 aliphatic rings. The molecule has 8 nitrogen and oxygen atoms in total. The number of carbonyl (C=O) groups is 2. The van der Waals surface area contributed by atoms with Crippen LogP contribution in [-0.4, -0.2) is 34.8 Å². The van der Waals surface area contributed by atoms with Crippen LogP contribution in [0.15, 0.2) is 12.3 Å².